The molecule has 0 amide bonds. The van der Waals surface area contributed by atoms with Crippen LogP contribution in [-0.2, 0) is 19.6 Å². The number of rotatable bonds is 4. The zero-order chi connectivity index (χ0) is 17.5. The molecule has 2 aliphatic rings. The van der Waals surface area contributed by atoms with Crippen LogP contribution >= 0.6 is 23.2 Å². The molecule has 6 nitrogen and oxygen atoms in total. The highest BCUT2D eigenvalue weighted by Gasteiger charge is 2.47. The lowest BCUT2D eigenvalue weighted by Gasteiger charge is -2.36. The van der Waals surface area contributed by atoms with E-state index in [2.05, 4.69) is 4.90 Å². The van der Waals surface area contributed by atoms with Crippen LogP contribution in [0.4, 0.5) is 0 Å². The van der Waals surface area contributed by atoms with Gasteiger partial charge in [-0.05, 0) is 44.1 Å². The molecule has 2 fully saturated rings. The Morgan fingerprint density at radius 1 is 1.21 bits per heavy atom. The van der Waals surface area contributed by atoms with Gasteiger partial charge in [-0.3, -0.25) is 9.69 Å². The molecule has 2 atom stereocenters. The zero-order valence-electron chi connectivity index (χ0n) is 13.1. The first-order valence-corrected chi connectivity index (χ1v) is 9.82. The average Bonchev–Trinajstić information content (AvgIpc) is 2.89. The van der Waals surface area contributed by atoms with Crippen molar-refractivity contribution < 1.29 is 17.9 Å². The van der Waals surface area contributed by atoms with Gasteiger partial charge >= 0.3 is 5.97 Å². The van der Waals surface area contributed by atoms with E-state index in [1.165, 1.54) is 29.6 Å². The Balaban J connectivity index is 1.95. The lowest BCUT2D eigenvalue weighted by molar-refractivity contribution is -0.144. The van der Waals surface area contributed by atoms with Gasteiger partial charge in [0, 0.05) is 22.6 Å². The second-order valence-electron chi connectivity index (χ2n) is 6.00. The van der Waals surface area contributed by atoms with E-state index in [1.54, 1.807) is 0 Å². The van der Waals surface area contributed by atoms with Gasteiger partial charge in [-0.2, -0.15) is 4.31 Å². The summed E-state index contributed by atoms with van der Waals surface area (Å²) in [5, 5.41) is 0.461. The Bertz CT molecular complexity index is 732. The van der Waals surface area contributed by atoms with Gasteiger partial charge in [-0.1, -0.05) is 23.2 Å². The van der Waals surface area contributed by atoms with Crippen LogP contribution in [0.5, 0.6) is 0 Å². The summed E-state index contributed by atoms with van der Waals surface area (Å²) < 4.78 is 32.1. The van der Waals surface area contributed by atoms with Crippen molar-refractivity contribution >= 4 is 39.2 Å². The number of likely N-dealkylation sites (tertiary alicyclic amines) is 1. The summed E-state index contributed by atoms with van der Waals surface area (Å²) in [6, 6.07) is 3.34. The van der Waals surface area contributed by atoms with E-state index in [9.17, 15) is 13.2 Å². The Kier molecular flexibility index (Phi) is 5.09. The van der Waals surface area contributed by atoms with Crippen molar-refractivity contribution in [2.75, 3.05) is 26.7 Å². The van der Waals surface area contributed by atoms with E-state index in [-0.39, 0.29) is 27.5 Å². The first-order valence-electron chi connectivity index (χ1n) is 7.63. The highest BCUT2D eigenvalue weighted by Crippen LogP contribution is 2.33. The standard InChI is InChI=1S/C15H18Cl2N2O4S/c1-23-15(20)14-8-12(18-3-2-4-18)9-19(14)24(21,22)13-6-10(16)5-11(17)7-13/h5-7,12,14H,2-4,8-9H2,1H3/t12-,14?/m1/s1. The highest BCUT2D eigenvalue weighted by molar-refractivity contribution is 7.89. The minimum atomic E-state index is -3.90. The van der Waals surface area contributed by atoms with Crippen LogP contribution in [0.2, 0.25) is 10.0 Å². The van der Waals surface area contributed by atoms with Crippen LogP contribution in [0.3, 0.4) is 0 Å². The maximum Gasteiger partial charge on any atom is 0.324 e. The summed E-state index contributed by atoms with van der Waals surface area (Å²) >= 11 is 11.9. The second-order valence-corrected chi connectivity index (χ2v) is 8.76. The molecule has 9 heteroatoms. The Morgan fingerprint density at radius 3 is 2.33 bits per heavy atom. The maximum absolute atomic E-state index is 13.0. The number of nitrogens with zero attached hydrogens (tertiary/aromatic N) is 2. The molecule has 2 aliphatic heterocycles. The molecule has 0 spiro atoms. The minimum Gasteiger partial charge on any atom is -0.468 e. The number of benzene rings is 1. The third kappa shape index (κ3) is 3.28. The molecule has 0 N–H and O–H groups in total. The van der Waals surface area contributed by atoms with Gasteiger partial charge in [0.25, 0.3) is 0 Å². The van der Waals surface area contributed by atoms with E-state index in [0.29, 0.717) is 6.42 Å². The quantitative estimate of drug-likeness (QED) is 0.733. The SMILES string of the molecule is COC(=O)C1C[C@@H](N2CCC2)CN1S(=O)(=O)c1cc(Cl)cc(Cl)c1. The van der Waals surface area contributed by atoms with Gasteiger partial charge in [0.1, 0.15) is 6.04 Å². The Hall–Kier alpha value is -0.860. The van der Waals surface area contributed by atoms with Crippen LogP contribution in [0.25, 0.3) is 0 Å². The summed E-state index contributed by atoms with van der Waals surface area (Å²) in [6.45, 7) is 2.11. The van der Waals surface area contributed by atoms with Gasteiger partial charge in [0.05, 0.1) is 12.0 Å². The van der Waals surface area contributed by atoms with Gasteiger partial charge < -0.3 is 4.74 Å². The predicted molar refractivity (Wildman–Crippen MR) is 90.8 cm³/mol. The number of carbonyl (C=O) groups excluding carboxylic acids is 1. The third-order valence-corrected chi connectivity index (χ3v) is 6.85. The average molecular weight is 393 g/mol. The molecular weight excluding hydrogens is 375 g/mol. The molecule has 1 aromatic rings. The predicted octanol–water partition coefficient (Wildman–Crippen LogP) is 2.00. The number of halogens is 2. The van der Waals surface area contributed by atoms with Gasteiger partial charge in [-0.25, -0.2) is 8.42 Å². The minimum absolute atomic E-state index is 0.0156. The molecule has 0 saturated carbocycles. The molecule has 132 valence electrons. The van der Waals surface area contributed by atoms with Crippen LogP contribution in [0.15, 0.2) is 23.1 Å². The normalized spacial score (nSPS) is 25.5. The van der Waals surface area contributed by atoms with Crippen molar-refractivity contribution in [3.8, 4) is 0 Å². The number of ether oxygens (including phenoxy) is 1. The lowest BCUT2D eigenvalue weighted by atomic mass is 10.1. The molecule has 1 unspecified atom stereocenters. The number of hydrogen-bond acceptors (Lipinski definition) is 5. The summed E-state index contributed by atoms with van der Waals surface area (Å²) in [4.78, 5) is 14.3. The van der Waals surface area contributed by atoms with Gasteiger partial charge in [-0.15, -0.1) is 0 Å². The lowest BCUT2D eigenvalue weighted by Crippen LogP contribution is -2.46. The summed E-state index contributed by atoms with van der Waals surface area (Å²) in [6.07, 6.45) is 1.52. The maximum atomic E-state index is 13.0. The van der Waals surface area contributed by atoms with Crippen molar-refractivity contribution in [3.63, 3.8) is 0 Å². The fourth-order valence-corrected chi connectivity index (χ4v) is 5.54. The highest BCUT2D eigenvalue weighted by atomic mass is 35.5. The molecule has 0 bridgehead atoms. The molecular formula is C15H18Cl2N2O4S. The van der Waals surface area contributed by atoms with Crippen molar-refractivity contribution in [2.45, 2.75) is 29.8 Å². The van der Waals surface area contributed by atoms with Crippen molar-refractivity contribution in [1.29, 1.82) is 0 Å². The largest absolute Gasteiger partial charge is 0.468 e. The van der Waals surface area contributed by atoms with Gasteiger partial charge in [0.2, 0.25) is 10.0 Å². The van der Waals surface area contributed by atoms with E-state index < -0.39 is 22.0 Å². The number of esters is 1. The first kappa shape index (κ1) is 17.9. The Morgan fingerprint density at radius 2 is 1.83 bits per heavy atom. The third-order valence-electron chi connectivity index (χ3n) is 4.56. The fourth-order valence-electron chi connectivity index (χ4n) is 3.18. The number of methoxy groups -OCH3 is 1. The Labute approximate surface area is 151 Å². The monoisotopic (exact) mass is 392 g/mol. The van der Waals surface area contributed by atoms with E-state index in [1.807, 2.05) is 0 Å². The van der Waals surface area contributed by atoms with Crippen molar-refractivity contribution in [2.24, 2.45) is 0 Å². The molecule has 0 aliphatic carbocycles. The van der Waals surface area contributed by atoms with Crippen LogP contribution < -0.4 is 0 Å². The summed E-state index contributed by atoms with van der Waals surface area (Å²) in [5.74, 6) is -0.547. The zero-order valence-corrected chi connectivity index (χ0v) is 15.4. The van der Waals surface area contributed by atoms with Crippen molar-refractivity contribution in [1.82, 2.24) is 9.21 Å². The molecule has 3 rings (SSSR count). The summed E-state index contributed by atoms with van der Waals surface area (Å²) in [7, 11) is -2.64. The van der Waals surface area contributed by atoms with Crippen molar-refractivity contribution in [3.05, 3.63) is 28.2 Å². The molecule has 2 saturated heterocycles. The molecule has 24 heavy (non-hydrogen) atoms. The van der Waals surface area contributed by atoms with E-state index in [0.717, 1.165) is 19.5 Å². The number of hydrogen-bond donors (Lipinski definition) is 0. The molecule has 0 radical (unpaired) electrons. The van der Waals surface area contributed by atoms with Crippen LogP contribution in [0, 0.1) is 0 Å². The first-order chi connectivity index (χ1) is 11.3. The van der Waals surface area contributed by atoms with Gasteiger partial charge in [0.15, 0.2) is 0 Å². The molecule has 1 aromatic carbocycles. The second kappa shape index (κ2) is 6.80. The molecule has 2 heterocycles. The topological polar surface area (TPSA) is 66.9 Å². The number of sulfonamides is 1. The smallest absolute Gasteiger partial charge is 0.324 e. The van der Waals surface area contributed by atoms with Crippen LogP contribution in [-0.4, -0.2) is 62.4 Å². The van der Waals surface area contributed by atoms with Crippen LogP contribution in [0.1, 0.15) is 12.8 Å². The number of carbonyl (C=O) groups is 1. The van der Waals surface area contributed by atoms with E-state index in [4.69, 9.17) is 27.9 Å². The molecule has 0 aromatic heterocycles. The fraction of sp³-hybridized carbons (Fsp3) is 0.533. The summed E-state index contributed by atoms with van der Waals surface area (Å²) in [5.41, 5.74) is 0. The van der Waals surface area contributed by atoms with E-state index >= 15 is 0 Å².